The van der Waals surface area contributed by atoms with Crippen LogP contribution in [0.4, 0.5) is 0 Å². The lowest BCUT2D eigenvalue weighted by molar-refractivity contribution is -0.169. The molecule has 3 aromatic rings. The third kappa shape index (κ3) is 3.27. The first-order chi connectivity index (χ1) is 12.4. The molecule has 0 unspecified atom stereocenters. The topological polar surface area (TPSA) is 88.2 Å². The molecule has 1 aliphatic heterocycles. The van der Waals surface area contributed by atoms with Crippen molar-refractivity contribution < 1.29 is 10.2 Å². The van der Waals surface area contributed by atoms with E-state index in [-0.39, 0.29) is 24.9 Å². The number of aliphatic hydroxyl groups is 2. The highest BCUT2D eigenvalue weighted by molar-refractivity contribution is 7.10. The van der Waals surface area contributed by atoms with Gasteiger partial charge in [0.15, 0.2) is 10.8 Å². The Morgan fingerprint density at radius 2 is 2.08 bits per heavy atom. The van der Waals surface area contributed by atoms with Gasteiger partial charge in [0.25, 0.3) is 5.56 Å². The predicted molar refractivity (Wildman–Crippen MR) is 98.9 cm³/mol. The summed E-state index contributed by atoms with van der Waals surface area (Å²) in [6.07, 6.45) is 0.615. The Labute approximate surface area is 153 Å². The fourth-order valence-corrected chi connectivity index (χ4v) is 3.67. The molecule has 0 saturated carbocycles. The van der Waals surface area contributed by atoms with Gasteiger partial charge < -0.3 is 10.2 Å². The second-order valence-electron chi connectivity index (χ2n) is 6.49. The van der Waals surface area contributed by atoms with E-state index in [1.165, 1.54) is 11.3 Å². The second-order valence-corrected chi connectivity index (χ2v) is 7.35. The lowest BCUT2D eigenvalue weighted by Gasteiger charge is -2.17. The SMILES string of the molecule is Cc1csc(C#Cc2ccc3c(=O)n4c(nc3c2)CCC(O)(O)CC4)n1. The van der Waals surface area contributed by atoms with E-state index >= 15 is 0 Å². The molecule has 0 fully saturated rings. The predicted octanol–water partition coefficient (Wildman–Crippen LogP) is 1.58. The summed E-state index contributed by atoms with van der Waals surface area (Å²) < 4.78 is 1.54. The van der Waals surface area contributed by atoms with Crippen LogP contribution in [0.15, 0.2) is 28.4 Å². The van der Waals surface area contributed by atoms with Gasteiger partial charge in [-0.1, -0.05) is 5.92 Å². The van der Waals surface area contributed by atoms with Gasteiger partial charge in [0.1, 0.15) is 5.82 Å². The molecule has 4 rings (SSSR count). The molecule has 1 aromatic carbocycles. The molecule has 0 amide bonds. The summed E-state index contributed by atoms with van der Waals surface area (Å²) >= 11 is 1.49. The Balaban J connectivity index is 1.76. The lowest BCUT2D eigenvalue weighted by Crippen LogP contribution is -2.29. The van der Waals surface area contributed by atoms with E-state index in [0.717, 1.165) is 16.3 Å². The van der Waals surface area contributed by atoms with Crippen molar-refractivity contribution in [3.63, 3.8) is 0 Å². The molecule has 0 saturated heterocycles. The monoisotopic (exact) mass is 367 g/mol. The molecule has 26 heavy (non-hydrogen) atoms. The van der Waals surface area contributed by atoms with Crippen LogP contribution in [0.1, 0.15) is 34.9 Å². The van der Waals surface area contributed by atoms with Crippen molar-refractivity contribution in [3.05, 3.63) is 56.0 Å². The summed E-state index contributed by atoms with van der Waals surface area (Å²) in [4.78, 5) is 21.6. The third-order valence-electron chi connectivity index (χ3n) is 4.45. The van der Waals surface area contributed by atoms with E-state index in [4.69, 9.17) is 0 Å². The van der Waals surface area contributed by atoms with Crippen LogP contribution in [0.2, 0.25) is 0 Å². The van der Waals surface area contributed by atoms with Crippen LogP contribution < -0.4 is 5.56 Å². The average Bonchev–Trinajstić information content (AvgIpc) is 2.95. The quantitative estimate of drug-likeness (QED) is 0.465. The van der Waals surface area contributed by atoms with E-state index in [0.29, 0.717) is 23.1 Å². The molecule has 7 heteroatoms. The number of fused-ring (bicyclic) bond motifs is 2. The minimum Gasteiger partial charge on any atom is -0.366 e. The first-order valence-electron chi connectivity index (χ1n) is 8.34. The molecule has 0 atom stereocenters. The molecule has 3 heterocycles. The zero-order valence-electron chi connectivity index (χ0n) is 14.2. The first kappa shape index (κ1) is 16.9. The molecule has 1 aliphatic rings. The number of aromatic nitrogens is 3. The minimum atomic E-state index is -1.76. The molecule has 0 radical (unpaired) electrons. The van der Waals surface area contributed by atoms with Gasteiger partial charge in [-0.3, -0.25) is 9.36 Å². The molecule has 0 spiro atoms. The summed E-state index contributed by atoms with van der Waals surface area (Å²) in [7, 11) is 0. The Bertz CT molecular complexity index is 1120. The standard InChI is InChI=1S/C19H17N3O3S/c1-12-11-26-17(20-12)5-3-13-2-4-14-15(10-13)21-16-6-7-19(24,25)8-9-22(16)18(14)23/h2,4,10-11,24-25H,6-9H2,1H3. The van der Waals surface area contributed by atoms with Crippen molar-refractivity contribution in [2.45, 2.75) is 38.5 Å². The number of benzene rings is 1. The van der Waals surface area contributed by atoms with E-state index in [2.05, 4.69) is 21.8 Å². The Hall–Kier alpha value is -2.53. The molecule has 0 aliphatic carbocycles. The molecule has 6 nitrogen and oxygen atoms in total. The average molecular weight is 367 g/mol. The van der Waals surface area contributed by atoms with Crippen molar-refractivity contribution in [1.82, 2.24) is 14.5 Å². The summed E-state index contributed by atoms with van der Waals surface area (Å²) in [5.41, 5.74) is 2.12. The summed E-state index contributed by atoms with van der Waals surface area (Å²) in [6.45, 7) is 2.17. The number of hydrogen-bond acceptors (Lipinski definition) is 6. The van der Waals surface area contributed by atoms with Crippen LogP contribution in [0.5, 0.6) is 0 Å². The van der Waals surface area contributed by atoms with Gasteiger partial charge in [-0.25, -0.2) is 9.97 Å². The van der Waals surface area contributed by atoms with Crippen molar-refractivity contribution in [2.75, 3.05) is 0 Å². The van der Waals surface area contributed by atoms with Crippen molar-refractivity contribution in [1.29, 1.82) is 0 Å². The van der Waals surface area contributed by atoms with Crippen LogP contribution in [0.25, 0.3) is 10.9 Å². The summed E-state index contributed by atoms with van der Waals surface area (Å²) in [5, 5.41) is 22.9. The number of thiazole rings is 1. The van der Waals surface area contributed by atoms with E-state index < -0.39 is 5.79 Å². The number of aryl methyl sites for hydroxylation is 2. The zero-order valence-corrected chi connectivity index (χ0v) is 15.0. The molecule has 132 valence electrons. The van der Waals surface area contributed by atoms with E-state index in [9.17, 15) is 15.0 Å². The Kier molecular flexibility index (Phi) is 4.11. The zero-order chi connectivity index (χ0) is 18.3. The Morgan fingerprint density at radius 1 is 1.23 bits per heavy atom. The highest BCUT2D eigenvalue weighted by Crippen LogP contribution is 2.21. The van der Waals surface area contributed by atoms with Crippen LogP contribution in [0, 0.1) is 18.8 Å². The molecule has 2 N–H and O–H groups in total. The van der Waals surface area contributed by atoms with Crippen molar-refractivity contribution in [2.24, 2.45) is 0 Å². The minimum absolute atomic E-state index is 0.115. The van der Waals surface area contributed by atoms with Gasteiger partial charge in [0, 0.05) is 42.4 Å². The fourth-order valence-electron chi connectivity index (χ4n) is 3.03. The van der Waals surface area contributed by atoms with Crippen LogP contribution in [-0.4, -0.2) is 30.5 Å². The number of rotatable bonds is 0. The van der Waals surface area contributed by atoms with Gasteiger partial charge in [-0.05, 0) is 31.0 Å². The van der Waals surface area contributed by atoms with Crippen LogP contribution >= 0.6 is 11.3 Å². The van der Waals surface area contributed by atoms with E-state index in [1.807, 2.05) is 12.3 Å². The number of hydrogen-bond donors (Lipinski definition) is 2. The normalized spacial score (nSPS) is 15.8. The van der Waals surface area contributed by atoms with Gasteiger partial charge in [0.05, 0.1) is 10.9 Å². The highest BCUT2D eigenvalue weighted by Gasteiger charge is 2.28. The van der Waals surface area contributed by atoms with E-state index in [1.54, 1.807) is 22.8 Å². The molecule has 2 aromatic heterocycles. The van der Waals surface area contributed by atoms with Gasteiger partial charge in [0.2, 0.25) is 0 Å². The second kappa shape index (κ2) is 6.32. The highest BCUT2D eigenvalue weighted by atomic mass is 32.1. The first-order valence-corrected chi connectivity index (χ1v) is 9.22. The summed E-state index contributed by atoms with van der Waals surface area (Å²) in [5.74, 6) is 4.91. The number of nitrogens with zero attached hydrogens (tertiary/aromatic N) is 3. The summed E-state index contributed by atoms with van der Waals surface area (Å²) in [6, 6.07) is 5.32. The van der Waals surface area contributed by atoms with Gasteiger partial charge in [-0.15, -0.1) is 11.3 Å². The largest absolute Gasteiger partial charge is 0.366 e. The maximum atomic E-state index is 12.7. The van der Waals surface area contributed by atoms with Gasteiger partial charge >= 0.3 is 0 Å². The maximum Gasteiger partial charge on any atom is 0.261 e. The van der Waals surface area contributed by atoms with Crippen LogP contribution in [0.3, 0.4) is 0 Å². The van der Waals surface area contributed by atoms with Gasteiger partial charge in [-0.2, -0.15) is 0 Å². The molecular formula is C19H17N3O3S. The van der Waals surface area contributed by atoms with Crippen molar-refractivity contribution >= 4 is 22.2 Å². The molecular weight excluding hydrogens is 350 g/mol. The van der Waals surface area contributed by atoms with Crippen molar-refractivity contribution in [3.8, 4) is 11.8 Å². The fraction of sp³-hybridized carbons (Fsp3) is 0.316. The van der Waals surface area contributed by atoms with Crippen LogP contribution in [-0.2, 0) is 13.0 Å². The maximum absolute atomic E-state index is 12.7. The molecule has 0 bridgehead atoms. The third-order valence-corrected chi connectivity index (χ3v) is 5.33. The smallest absolute Gasteiger partial charge is 0.261 e. The Morgan fingerprint density at radius 3 is 2.85 bits per heavy atom. The lowest BCUT2D eigenvalue weighted by atomic mass is 10.1.